The molecular weight excluding hydrogens is 210 g/mol. The van der Waals surface area contributed by atoms with E-state index in [1.807, 2.05) is 0 Å². The summed E-state index contributed by atoms with van der Waals surface area (Å²) < 4.78 is 5.71. The third-order valence-electron chi connectivity index (χ3n) is 4.13. The zero-order valence-electron chi connectivity index (χ0n) is 12.0. The first-order valence-electron chi connectivity index (χ1n) is 7.65. The van der Waals surface area contributed by atoms with E-state index in [0.717, 1.165) is 19.1 Å². The molecule has 0 saturated carbocycles. The topological polar surface area (TPSA) is 21.3 Å². The van der Waals surface area contributed by atoms with E-state index in [1.165, 1.54) is 44.9 Å². The Morgan fingerprint density at radius 3 is 2.53 bits per heavy atom. The Hall–Kier alpha value is -0.0800. The van der Waals surface area contributed by atoms with Crippen LogP contribution in [0.4, 0.5) is 0 Å². The van der Waals surface area contributed by atoms with Gasteiger partial charge in [0, 0.05) is 12.6 Å². The van der Waals surface area contributed by atoms with Crippen LogP contribution in [0.1, 0.15) is 65.7 Å². The summed E-state index contributed by atoms with van der Waals surface area (Å²) in [6.07, 6.45) is 9.61. The maximum atomic E-state index is 5.71. The van der Waals surface area contributed by atoms with Gasteiger partial charge in [0.2, 0.25) is 0 Å². The third kappa shape index (κ3) is 5.87. The van der Waals surface area contributed by atoms with E-state index in [0.29, 0.717) is 12.1 Å². The van der Waals surface area contributed by atoms with E-state index < -0.39 is 0 Å². The molecule has 0 radical (unpaired) electrons. The number of nitrogens with one attached hydrogen (secondary N) is 1. The third-order valence-corrected chi connectivity index (χ3v) is 4.13. The molecule has 17 heavy (non-hydrogen) atoms. The summed E-state index contributed by atoms with van der Waals surface area (Å²) in [5.74, 6) is 0.892. The van der Waals surface area contributed by atoms with Gasteiger partial charge in [-0.05, 0) is 44.6 Å². The standard InChI is InChI=1S/C15H31NO/c1-4-13(5-2)12-14(16-6-3)9-10-15-8-7-11-17-15/h13-16H,4-12H2,1-3H3. The Bertz CT molecular complexity index is 174. The Morgan fingerprint density at radius 1 is 1.24 bits per heavy atom. The summed E-state index contributed by atoms with van der Waals surface area (Å²) >= 11 is 0. The number of ether oxygens (including phenoxy) is 1. The van der Waals surface area contributed by atoms with Gasteiger partial charge in [-0.25, -0.2) is 0 Å². The molecule has 0 amide bonds. The lowest BCUT2D eigenvalue weighted by Gasteiger charge is -2.23. The van der Waals surface area contributed by atoms with Crippen LogP contribution in [0.2, 0.25) is 0 Å². The smallest absolute Gasteiger partial charge is 0.0576 e. The van der Waals surface area contributed by atoms with Gasteiger partial charge < -0.3 is 10.1 Å². The van der Waals surface area contributed by atoms with Crippen molar-refractivity contribution in [3.8, 4) is 0 Å². The monoisotopic (exact) mass is 241 g/mol. The van der Waals surface area contributed by atoms with Gasteiger partial charge in [0.1, 0.15) is 0 Å². The van der Waals surface area contributed by atoms with Crippen molar-refractivity contribution in [2.75, 3.05) is 13.2 Å². The molecule has 102 valence electrons. The fraction of sp³-hybridized carbons (Fsp3) is 1.00. The van der Waals surface area contributed by atoms with Gasteiger partial charge in [-0.2, -0.15) is 0 Å². The van der Waals surface area contributed by atoms with Crippen LogP contribution in [0.3, 0.4) is 0 Å². The molecule has 2 atom stereocenters. The highest BCUT2D eigenvalue weighted by Gasteiger charge is 2.19. The Kier molecular flexibility index (Phi) is 7.87. The molecule has 2 heteroatoms. The molecule has 1 aliphatic heterocycles. The molecule has 1 rings (SSSR count). The molecule has 0 bridgehead atoms. The largest absolute Gasteiger partial charge is 0.378 e. The quantitative estimate of drug-likeness (QED) is 0.664. The average molecular weight is 241 g/mol. The zero-order valence-corrected chi connectivity index (χ0v) is 12.0. The molecule has 0 aromatic carbocycles. The van der Waals surface area contributed by atoms with Gasteiger partial charge >= 0.3 is 0 Å². The highest BCUT2D eigenvalue weighted by atomic mass is 16.5. The molecule has 1 saturated heterocycles. The summed E-state index contributed by atoms with van der Waals surface area (Å²) in [5.41, 5.74) is 0. The second-order valence-corrected chi connectivity index (χ2v) is 5.39. The van der Waals surface area contributed by atoms with Crippen molar-refractivity contribution in [3.63, 3.8) is 0 Å². The van der Waals surface area contributed by atoms with Crippen LogP contribution in [0.25, 0.3) is 0 Å². The maximum Gasteiger partial charge on any atom is 0.0576 e. The highest BCUT2D eigenvalue weighted by Crippen LogP contribution is 2.21. The van der Waals surface area contributed by atoms with Crippen LogP contribution < -0.4 is 5.32 Å². The normalized spacial score (nSPS) is 22.2. The second kappa shape index (κ2) is 8.93. The number of hydrogen-bond donors (Lipinski definition) is 1. The second-order valence-electron chi connectivity index (χ2n) is 5.39. The molecule has 1 aliphatic rings. The van der Waals surface area contributed by atoms with Crippen LogP contribution in [-0.4, -0.2) is 25.3 Å². The lowest BCUT2D eigenvalue weighted by molar-refractivity contribution is 0.0985. The van der Waals surface area contributed by atoms with E-state index in [1.54, 1.807) is 0 Å². The first kappa shape index (κ1) is 15.0. The molecule has 1 N–H and O–H groups in total. The van der Waals surface area contributed by atoms with E-state index in [9.17, 15) is 0 Å². The summed E-state index contributed by atoms with van der Waals surface area (Å²) in [4.78, 5) is 0. The van der Waals surface area contributed by atoms with Crippen molar-refractivity contribution < 1.29 is 4.74 Å². The number of hydrogen-bond acceptors (Lipinski definition) is 2. The molecule has 0 spiro atoms. The zero-order chi connectivity index (χ0) is 12.5. The molecule has 1 fully saturated rings. The van der Waals surface area contributed by atoms with Crippen LogP contribution >= 0.6 is 0 Å². The number of rotatable bonds is 9. The van der Waals surface area contributed by atoms with E-state index >= 15 is 0 Å². The molecule has 0 aromatic rings. The lowest BCUT2D eigenvalue weighted by atomic mass is 9.91. The first-order chi connectivity index (χ1) is 8.30. The van der Waals surface area contributed by atoms with Crippen molar-refractivity contribution in [1.82, 2.24) is 5.32 Å². The molecule has 0 aromatic heterocycles. The van der Waals surface area contributed by atoms with Crippen molar-refractivity contribution >= 4 is 0 Å². The van der Waals surface area contributed by atoms with Crippen molar-refractivity contribution in [2.45, 2.75) is 77.9 Å². The van der Waals surface area contributed by atoms with Gasteiger partial charge in [-0.1, -0.05) is 33.6 Å². The van der Waals surface area contributed by atoms with E-state index in [4.69, 9.17) is 4.74 Å². The predicted molar refractivity (Wildman–Crippen MR) is 74.4 cm³/mol. The van der Waals surface area contributed by atoms with Crippen molar-refractivity contribution in [2.24, 2.45) is 5.92 Å². The van der Waals surface area contributed by atoms with Crippen molar-refractivity contribution in [1.29, 1.82) is 0 Å². The van der Waals surface area contributed by atoms with Crippen LogP contribution in [0, 0.1) is 5.92 Å². The molecule has 0 aliphatic carbocycles. The van der Waals surface area contributed by atoms with Crippen LogP contribution in [-0.2, 0) is 4.74 Å². The minimum atomic E-state index is 0.554. The van der Waals surface area contributed by atoms with E-state index in [-0.39, 0.29) is 0 Å². The predicted octanol–water partition coefficient (Wildman–Crippen LogP) is 3.75. The lowest BCUT2D eigenvalue weighted by Crippen LogP contribution is -2.32. The minimum absolute atomic E-state index is 0.554. The van der Waals surface area contributed by atoms with Crippen LogP contribution in [0.5, 0.6) is 0 Å². The highest BCUT2D eigenvalue weighted by molar-refractivity contribution is 4.74. The Morgan fingerprint density at radius 2 is 2.00 bits per heavy atom. The average Bonchev–Trinajstić information content (AvgIpc) is 2.85. The summed E-state index contributed by atoms with van der Waals surface area (Å²) in [5, 5.41) is 3.65. The Balaban J connectivity index is 2.25. The SMILES string of the molecule is CCNC(CCC1CCCO1)CC(CC)CC. The van der Waals surface area contributed by atoms with Gasteiger partial charge in [0.25, 0.3) is 0 Å². The first-order valence-corrected chi connectivity index (χ1v) is 7.65. The fourth-order valence-electron chi connectivity index (χ4n) is 2.88. The van der Waals surface area contributed by atoms with E-state index in [2.05, 4.69) is 26.1 Å². The summed E-state index contributed by atoms with van der Waals surface area (Å²) in [7, 11) is 0. The van der Waals surface area contributed by atoms with Gasteiger partial charge in [0.05, 0.1) is 6.10 Å². The molecule has 2 nitrogen and oxygen atoms in total. The molecule has 1 heterocycles. The summed E-state index contributed by atoms with van der Waals surface area (Å²) in [6, 6.07) is 0.703. The maximum absolute atomic E-state index is 5.71. The van der Waals surface area contributed by atoms with Crippen LogP contribution in [0.15, 0.2) is 0 Å². The molecule has 2 unspecified atom stereocenters. The van der Waals surface area contributed by atoms with Crippen molar-refractivity contribution in [3.05, 3.63) is 0 Å². The van der Waals surface area contributed by atoms with Gasteiger partial charge in [-0.3, -0.25) is 0 Å². The minimum Gasteiger partial charge on any atom is -0.378 e. The van der Waals surface area contributed by atoms with Gasteiger partial charge in [0.15, 0.2) is 0 Å². The fourth-order valence-corrected chi connectivity index (χ4v) is 2.88. The summed E-state index contributed by atoms with van der Waals surface area (Å²) in [6.45, 7) is 8.93. The van der Waals surface area contributed by atoms with Gasteiger partial charge in [-0.15, -0.1) is 0 Å². The Labute approximate surface area is 108 Å². The molecular formula is C15H31NO.